The smallest absolute Gasteiger partial charge is 0.199 e. The second kappa shape index (κ2) is 15.5. The normalized spacial score (nSPS) is 9.80. The fourth-order valence-corrected chi connectivity index (χ4v) is 3.12. The predicted octanol–water partition coefficient (Wildman–Crippen LogP) is 3.23. The largest absolute Gasteiger partial charge is 0.383 e. The minimum atomic E-state index is 0. The summed E-state index contributed by atoms with van der Waals surface area (Å²) in [6.07, 6.45) is 0. The zero-order chi connectivity index (χ0) is 18.4. The molecule has 170 valence electrons. The van der Waals surface area contributed by atoms with Crippen LogP contribution in [0.2, 0.25) is 0 Å². The number of hydrogen-bond acceptors (Lipinski definition) is 5. The first kappa shape index (κ1) is 30.9. The van der Waals surface area contributed by atoms with Crippen molar-refractivity contribution in [3.63, 3.8) is 0 Å². The quantitative estimate of drug-likeness (QED) is 0.230. The van der Waals surface area contributed by atoms with E-state index in [-0.39, 0.29) is 55.1 Å². The average Bonchev–Trinajstić information content (AvgIpc) is 2.66. The van der Waals surface area contributed by atoms with Gasteiger partial charge in [0.25, 0.3) is 0 Å². The second-order valence-corrected chi connectivity index (χ2v) is 6.40. The van der Waals surface area contributed by atoms with Gasteiger partial charge < -0.3 is 26.7 Å². The van der Waals surface area contributed by atoms with Crippen molar-refractivity contribution in [2.24, 2.45) is 5.73 Å². The lowest BCUT2D eigenvalue weighted by Crippen LogP contribution is -2.32. The van der Waals surface area contributed by atoms with Gasteiger partial charge in [0, 0.05) is 55.9 Å². The van der Waals surface area contributed by atoms with Gasteiger partial charge in [-0.05, 0) is 30.7 Å². The third-order valence-corrected chi connectivity index (χ3v) is 4.49. The molecule has 0 unspecified atom stereocenters. The van der Waals surface area contributed by atoms with Crippen LogP contribution in [0.25, 0.3) is 21.8 Å². The molecular formula is C20H31Cl4N5O. The summed E-state index contributed by atoms with van der Waals surface area (Å²) in [5.41, 5.74) is 9.22. The van der Waals surface area contributed by atoms with Crippen LogP contribution in [0.1, 0.15) is 5.56 Å². The Hall–Kier alpha value is -1.25. The number of H-pyrrole nitrogens is 1. The third kappa shape index (κ3) is 7.46. The Morgan fingerprint density at radius 2 is 1.50 bits per heavy atom. The van der Waals surface area contributed by atoms with Crippen molar-refractivity contribution in [3.05, 3.63) is 52.2 Å². The van der Waals surface area contributed by atoms with E-state index < -0.39 is 0 Å². The van der Waals surface area contributed by atoms with Gasteiger partial charge in [-0.3, -0.25) is 4.79 Å². The van der Waals surface area contributed by atoms with E-state index in [0.29, 0.717) is 6.54 Å². The van der Waals surface area contributed by atoms with Gasteiger partial charge in [0.2, 0.25) is 0 Å². The monoisotopic (exact) mass is 497 g/mol. The van der Waals surface area contributed by atoms with E-state index in [4.69, 9.17) is 5.73 Å². The summed E-state index contributed by atoms with van der Waals surface area (Å²) in [7, 11) is 0. The molecule has 0 saturated heterocycles. The highest BCUT2D eigenvalue weighted by Crippen LogP contribution is 2.24. The minimum Gasteiger partial charge on any atom is -0.383 e. The molecule has 0 radical (unpaired) electrons. The lowest BCUT2D eigenvalue weighted by Gasteiger charge is -2.13. The van der Waals surface area contributed by atoms with E-state index in [1.807, 2.05) is 43.3 Å². The van der Waals surface area contributed by atoms with Crippen molar-refractivity contribution in [2.75, 3.05) is 44.6 Å². The molecule has 0 amide bonds. The van der Waals surface area contributed by atoms with Gasteiger partial charge in [-0.2, -0.15) is 0 Å². The van der Waals surface area contributed by atoms with Gasteiger partial charge in [0.05, 0.1) is 10.9 Å². The molecule has 0 spiro atoms. The Bertz CT molecular complexity index is 952. The highest BCUT2D eigenvalue weighted by molar-refractivity contribution is 6.00. The van der Waals surface area contributed by atoms with Crippen LogP contribution < -0.4 is 27.1 Å². The van der Waals surface area contributed by atoms with Gasteiger partial charge in [-0.1, -0.05) is 18.2 Å². The van der Waals surface area contributed by atoms with Crippen molar-refractivity contribution < 1.29 is 0 Å². The molecule has 0 aliphatic carbocycles. The number of halogens is 4. The summed E-state index contributed by atoms with van der Waals surface area (Å²) < 4.78 is 0. The van der Waals surface area contributed by atoms with Gasteiger partial charge in [-0.15, -0.1) is 49.6 Å². The first-order valence-corrected chi connectivity index (χ1v) is 9.12. The average molecular weight is 499 g/mol. The fourth-order valence-electron chi connectivity index (χ4n) is 3.12. The van der Waals surface area contributed by atoms with Crippen molar-refractivity contribution in [1.82, 2.24) is 15.6 Å². The molecule has 0 saturated carbocycles. The first-order chi connectivity index (χ1) is 12.7. The number of pyridine rings is 1. The second-order valence-electron chi connectivity index (χ2n) is 6.40. The molecule has 6 nitrogen and oxygen atoms in total. The van der Waals surface area contributed by atoms with Gasteiger partial charge in [-0.25, -0.2) is 0 Å². The van der Waals surface area contributed by atoms with E-state index in [0.717, 1.165) is 65.8 Å². The molecule has 6 N–H and O–H groups in total. The Labute approximate surface area is 201 Å². The third-order valence-electron chi connectivity index (χ3n) is 4.49. The number of benzene rings is 2. The number of hydrogen-bond donors (Lipinski definition) is 5. The Morgan fingerprint density at radius 3 is 2.20 bits per heavy atom. The number of aryl methyl sites for hydroxylation is 1. The summed E-state index contributed by atoms with van der Waals surface area (Å²) >= 11 is 0. The zero-order valence-corrected chi connectivity index (χ0v) is 20.1. The molecule has 10 heteroatoms. The van der Waals surface area contributed by atoms with Crippen LogP contribution in [0, 0.1) is 6.92 Å². The summed E-state index contributed by atoms with van der Waals surface area (Å²) in [6.45, 7) is 6.88. The van der Waals surface area contributed by atoms with E-state index in [1.165, 1.54) is 0 Å². The molecule has 2 aromatic carbocycles. The van der Waals surface area contributed by atoms with Crippen LogP contribution in [-0.4, -0.2) is 44.3 Å². The highest BCUT2D eigenvalue weighted by atomic mass is 35.5. The van der Waals surface area contributed by atoms with Crippen LogP contribution in [0.3, 0.4) is 0 Å². The molecule has 3 rings (SSSR count). The summed E-state index contributed by atoms with van der Waals surface area (Å²) in [6, 6.07) is 11.7. The number of aromatic amines is 1. The van der Waals surface area contributed by atoms with Gasteiger partial charge >= 0.3 is 0 Å². The molecule has 3 aromatic rings. The lowest BCUT2D eigenvalue weighted by molar-refractivity contribution is 0.622. The van der Waals surface area contributed by atoms with Crippen molar-refractivity contribution in [3.8, 4) is 0 Å². The molecule has 1 heterocycles. The molecule has 0 bridgehead atoms. The Morgan fingerprint density at radius 1 is 0.867 bits per heavy atom. The standard InChI is InChI=1S/C20H27N5O.4ClH/c1-14-6-7-17(24-13-12-23-11-10-22-9-8-21)18-19(14)25-16-5-3-2-4-15(16)20(18)26;;;;/h2-7,22-24H,8-13,21H2,1H3,(H,25,26);4*1H. The summed E-state index contributed by atoms with van der Waals surface area (Å²) in [5.74, 6) is 0. The Balaban J connectivity index is 0. The van der Waals surface area contributed by atoms with Crippen molar-refractivity contribution in [2.45, 2.75) is 6.92 Å². The molecule has 0 aliphatic rings. The first-order valence-electron chi connectivity index (χ1n) is 9.12. The number of fused-ring (bicyclic) bond motifs is 2. The van der Waals surface area contributed by atoms with E-state index in [2.05, 4.69) is 20.9 Å². The van der Waals surface area contributed by atoms with Crippen molar-refractivity contribution >= 4 is 77.1 Å². The van der Waals surface area contributed by atoms with E-state index in [9.17, 15) is 4.79 Å². The molecule has 0 aliphatic heterocycles. The topological polar surface area (TPSA) is 95.0 Å². The summed E-state index contributed by atoms with van der Waals surface area (Å²) in [4.78, 5) is 16.4. The number of rotatable bonds is 9. The molecule has 0 fully saturated rings. The minimum absolute atomic E-state index is 0. The van der Waals surface area contributed by atoms with Crippen molar-refractivity contribution in [1.29, 1.82) is 0 Å². The Kier molecular flexibility index (Phi) is 16.0. The maximum atomic E-state index is 13.0. The van der Waals surface area contributed by atoms with Crippen LogP contribution >= 0.6 is 49.6 Å². The number of nitrogens with two attached hydrogens (primary N) is 1. The molecular weight excluding hydrogens is 468 g/mol. The van der Waals surface area contributed by atoms with Gasteiger partial charge in [0.15, 0.2) is 5.43 Å². The lowest BCUT2D eigenvalue weighted by atomic mass is 10.1. The zero-order valence-electron chi connectivity index (χ0n) is 16.8. The number of nitrogens with one attached hydrogen (secondary N) is 4. The highest BCUT2D eigenvalue weighted by Gasteiger charge is 2.11. The fraction of sp³-hybridized carbons (Fsp3) is 0.350. The number of anilines is 1. The van der Waals surface area contributed by atoms with E-state index in [1.54, 1.807) is 0 Å². The van der Waals surface area contributed by atoms with Crippen LogP contribution in [0.15, 0.2) is 41.2 Å². The number of para-hydroxylation sites is 1. The molecule has 30 heavy (non-hydrogen) atoms. The SMILES string of the molecule is Cc1ccc(NCCNCCNCCN)c2c(=O)c3ccccc3[nH]c12.Cl.Cl.Cl.Cl. The number of aromatic nitrogens is 1. The maximum absolute atomic E-state index is 13.0. The van der Waals surface area contributed by atoms with E-state index >= 15 is 0 Å². The summed E-state index contributed by atoms with van der Waals surface area (Å²) in [5, 5.41) is 11.5. The molecule has 1 aromatic heterocycles. The van der Waals surface area contributed by atoms with Crippen LogP contribution in [0.4, 0.5) is 5.69 Å². The van der Waals surface area contributed by atoms with Crippen LogP contribution in [-0.2, 0) is 0 Å². The van der Waals surface area contributed by atoms with Crippen LogP contribution in [0.5, 0.6) is 0 Å². The van der Waals surface area contributed by atoms with Gasteiger partial charge in [0.1, 0.15) is 0 Å². The predicted molar refractivity (Wildman–Crippen MR) is 139 cm³/mol. The maximum Gasteiger partial charge on any atom is 0.199 e. The molecule has 0 atom stereocenters.